The molecule has 1 aromatic heterocycles. The van der Waals surface area contributed by atoms with Crippen molar-refractivity contribution in [3.8, 4) is 0 Å². The van der Waals surface area contributed by atoms with E-state index in [2.05, 4.69) is 0 Å². The van der Waals surface area contributed by atoms with E-state index in [0.717, 1.165) is 18.2 Å². The van der Waals surface area contributed by atoms with Gasteiger partial charge in [-0.05, 0) is 30.3 Å². The highest BCUT2D eigenvalue weighted by Gasteiger charge is 2.32. The van der Waals surface area contributed by atoms with Gasteiger partial charge in [-0.3, -0.25) is 4.79 Å². The van der Waals surface area contributed by atoms with Gasteiger partial charge in [0.05, 0.1) is 24.3 Å². The third-order valence-corrected chi connectivity index (χ3v) is 4.20. The molecule has 0 spiro atoms. The van der Waals surface area contributed by atoms with Gasteiger partial charge in [0, 0.05) is 13.0 Å². The first-order chi connectivity index (χ1) is 12.0. The van der Waals surface area contributed by atoms with E-state index in [1.54, 1.807) is 6.07 Å². The molecular weight excluding hydrogens is 329 g/mol. The maximum absolute atomic E-state index is 14.2. The number of furan rings is 1. The number of carbonyl (C=O) groups is 2. The van der Waals surface area contributed by atoms with Gasteiger partial charge in [0.15, 0.2) is 0 Å². The van der Waals surface area contributed by atoms with Gasteiger partial charge in [0.1, 0.15) is 23.4 Å². The Balaban J connectivity index is 1.89. The molecule has 0 saturated carbocycles. The summed E-state index contributed by atoms with van der Waals surface area (Å²) in [6.45, 7) is 2.86. The van der Waals surface area contributed by atoms with Gasteiger partial charge >= 0.3 is 5.97 Å². The van der Waals surface area contributed by atoms with Crippen molar-refractivity contribution in [2.45, 2.75) is 19.4 Å². The van der Waals surface area contributed by atoms with Crippen LogP contribution in [0, 0.1) is 5.82 Å². The molecule has 2 heterocycles. The minimum absolute atomic E-state index is 0.167. The van der Waals surface area contributed by atoms with E-state index >= 15 is 0 Å². The van der Waals surface area contributed by atoms with Crippen LogP contribution in [0.3, 0.4) is 0 Å². The Morgan fingerprint density at radius 3 is 2.76 bits per heavy atom. The van der Waals surface area contributed by atoms with E-state index in [9.17, 15) is 14.0 Å². The zero-order valence-corrected chi connectivity index (χ0v) is 13.7. The zero-order chi connectivity index (χ0) is 18.0. The first-order valence-electron chi connectivity index (χ1n) is 8.01. The standard InChI is InChI=1S/C18H18FNO5/c1-2-12-4-6-16(25-12)15-10-24-8-7-20(15)17(21)13-5-3-11(18(22)23)9-14(13)19/h3-6,9,15H,2,7-8,10H2,1H3,(H,22,23). The fourth-order valence-electron chi connectivity index (χ4n) is 2.82. The number of amides is 1. The Morgan fingerprint density at radius 2 is 2.12 bits per heavy atom. The second kappa shape index (κ2) is 7.06. The Hall–Kier alpha value is -2.67. The molecule has 1 amide bonds. The molecule has 1 fully saturated rings. The van der Waals surface area contributed by atoms with Gasteiger partial charge in [0.2, 0.25) is 0 Å². The second-order valence-corrected chi connectivity index (χ2v) is 5.75. The average Bonchev–Trinajstić information content (AvgIpc) is 3.10. The van der Waals surface area contributed by atoms with Crippen LogP contribution in [0.2, 0.25) is 0 Å². The molecule has 1 saturated heterocycles. The highest BCUT2D eigenvalue weighted by molar-refractivity contribution is 5.96. The van der Waals surface area contributed by atoms with Crippen LogP contribution in [0.15, 0.2) is 34.7 Å². The number of hydrogen-bond donors (Lipinski definition) is 1. The Morgan fingerprint density at radius 1 is 1.32 bits per heavy atom. The number of hydrogen-bond acceptors (Lipinski definition) is 4. The van der Waals surface area contributed by atoms with E-state index in [1.165, 1.54) is 17.0 Å². The molecule has 1 atom stereocenters. The van der Waals surface area contributed by atoms with E-state index < -0.39 is 23.7 Å². The van der Waals surface area contributed by atoms with E-state index in [4.69, 9.17) is 14.3 Å². The minimum Gasteiger partial charge on any atom is -0.478 e. The summed E-state index contributed by atoms with van der Waals surface area (Å²) in [6.07, 6.45) is 0.729. The molecule has 3 rings (SSSR count). The number of halogens is 1. The number of rotatable bonds is 4. The predicted octanol–water partition coefficient (Wildman–Crippen LogP) is 2.89. The number of carboxylic acid groups (broad SMARTS) is 1. The van der Waals surface area contributed by atoms with Crippen LogP contribution in [-0.2, 0) is 11.2 Å². The second-order valence-electron chi connectivity index (χ2n) is 5.75. The molecule has 2 aromatic rings. The minimum atomic E-state index is -1.25. The molecule has 25 heavy (non-hydrogen) atoms. The SMILES string of the molecule is CCc1ccc(C2COCCN2C(=O)c2ccc(C(=O)O)cc2F)o1. The van der Waals surface area contributed by atoms with Crippen LogP contribution in [0.25, 0.3) is 0 Å². The Bertz CT molecular complexity index is 801. The van der Waals surface area contributed by atoms with Crippen LogP contribution in [0.1, 0.15) is 45.2 Å². The molecule has 132 valence electrons. The number of morpholine rings is 1. The molecule has 1 N–H and O–H groups in total. The zero-order valence-electron chi connectivity index (χ0n) is 13.7. The molecule has 1 unspecified atom stereocenters. The van der Waals surface area contributed by atoms with Crippen molar-refractivity contribution in [3.05, 3.63) is 58.8 Å². The topological polar surface area (TPSA) is 80.0 Å². The third-order valence-electron chi connectivity index (χ3n) is 4.20. The normalized spacial score (nSPS) is 17.5. The van der Waals surface area contributed by atoms with E-state index in [-0.39, 0.29) is 17.7 Å². The number of aromatic carboxylic acids is 1. The van der Waals surface area contributed by atoms with Gasteiger partial charge in [-0.15, -0.1) is 0 Å². The van der Waals surface area contributed by atoms with Crippen molar-refractivity contribution in [1.82, 2.24) is 4.90 Å². The van der Waals surface area contributed by atoms with Crippen LogP contribution in [0.5, 0.6) is 0 Å². The summed E-state index contributed by atoms with van der Waals surface area (Å²) in [7, 11) is 0. The number of carbonyl (C=O) groups excluding carboxylic acids is 1. The number of nitrogens with zero attached hydrogens (tertiary/aromatic N) is 1. The fraction of sp³-hybridized carbons (Fsp3) is 0.333. The van der Waals surface area contributed by atoms with E-state index in [1.807, 2.05) is 13.0 Å². The predicted molar refractivity (Wildman–Crippen MR) is 86.0 cm³/mol. The lowest BCUT2D eigenvalue weighted by Gasteiger charge is -2.34. The molecule has 0 aliphatic carbocycles. The molecule has 1 aromatic carbocycles. The van der Waals surface area contributed by atoms with Crippen molar-refractivity contribution in [1.29, 1.82) is 0 Å². The molecule has 0 radical (unpaired) electrons. The summed E-state index contributed by atoms with van der Waals surface area (Å²) < 4.78 is 25.4. The van der Waals surface area contributed by atoms with Crippen molar-refractivity contribution in [2.24, 2.45) is 0 Å². The molecule has 1 aliphatic rings. The quantitative estimate of drug-likeness (QED) is 0.920. The van der Waals surface area contributed by atoms with Crippen molar-refractivity contribution in [2.75, 3.05) is 19.8 Å². The van der Waals surface area contributed by atoms with Crippen LogP contribution >= 0.6 is 0 Å². The average molecular weight is 347 g/mol. The van der Waals surface area contributed by atoms with Gasteiger partial charge in [0.25, 0.3) is 5.91 Å². The molecule has 1 aliphatic heterocycles. The maximum atomic E-state index is 14.2. The molecule has 7 heteroatoms. The van der Waals surface area contributed by atoms with Crippen LogP contribution in [-0.4, -0.2) is 41.6 Å². The molecule has 6 nitrogen and oxygen atoms in total. The van der Waals surface area contributed by atoms with Gasteiger partial charge in [-0.25, -0.2) is 9.18 Å². The Labute approximate surface area is 143 Å². The third kappa shape index (κ3) is 3.41. The molecular formula is C18H18FNO5. The summed E-state index contributed by atoms with van der Waals surface area (Å²) in [5.74, 6) is -1.23. The summed E-state index contributed by atoms with van der Waals surface area (Å²) in [5, 5.41) is 8.91. The van der Waals surface area contributed by atoms with Gasteiger partial charge in [-0.2, -0.15) is 0 Å². The summed E-state index contributed by atoms with van der Waals surface area (Å²) >= 11 is 0. The van der Waals surface area contributed by atoms with Crippen molar-refractivity contribution in [3.63, 3.8) is 0 Å². The Kier molecular flexibility index (Phi) is 4.85. The fourth-order valence-corrected chi connectivity index (χ4v) is 2.82. The molecule has 0 bridgehead atoms. The summed E-state index contributed by atoms with van der Waals surface area (Å²) in [6, 6.07) is 6.47. The van der Waals surface area contributed by atoms with Gasteiger partial charge < -0.3 is 19.2 Å². The number of ether oxygens (including phenoxy) is 1. The summed E-state index contributed by atoms with van der Waals surface area (Å²) in [4.78, 5) is 25.2. The van der Waals surface area contributed by atoms with Crippen LogP contribution < -0.4 is 0 Å². The summed E-state index contributed by atoms with van der Waals surface area (Å²) in [5.41, 5.74) is -0.370. The van der Waals surface area contributed by atoms with Crippen molar-refractivity contribution >= 4 is 11.9 Å². The smallest absolute Gasteiger partial charge is 0.335 e. The van der Waals surface area contributed by atoms with Gasteiger partial charge in [-0.1, -0.05) is 6.92 Å². The first-order valence-corrected chi connectivity index (χ1v) is 8.01. The lowest BCUT2D eigenvalue weighted by Crippen LogP contribution is -2.43. The van der Waals surface area contributed by atoms with Crippen LogP contribution in [0.4, 0.5) is 4.39 Å². The van der Waals surface area contributed by atoms with Crippen molar-refractivity contribution < 1.29 is 28.2 Å². The monoisotopic (exact) mass is 347 g/mol. The highest BCUT2D eigenvalue weighted by atomic mass is 19.1. The lowest BCUT2D eigenvalue weighted by molar-refractivity contribution is -0.00924. The number of aryl methyl sites for hydroxylation is 1. The highest BCUT2D eigenvalue weighted by Crippen LogP contribution is 2.28. The number of benzene rings is 1. The first kappa shape index (κ1) is 17.2. The van der Waals surface area contributed by atoms with E-state index in [0.29, 0.717) is 18.9 Å². The number of carboxylic acids is 1. The lowest BCUT2D eigenvalue weighted by atomic mass is 10.1. The maximum Gasteiger partial charge on any atom is 0.335 e. The largest absolute Gasteiger partial charge is 0.478 e.